The summed E-state index contributed by atoms with van der Waals surface area (Å²) in [6.45, 7) is 9.87. The first-order chi connectivity index (χ1) is 32.1. The van der Waals surface area contributed by atoms with Crippen LogP contribution in [0.1, 0.15) is 55.4 Å². The van der Waals surface area contributed by atoms with Gasteiger partial charge in [-0.1, -0.05) is 79.6 Å². The van der Waals surface area contributed by atoms with Gasteiger partial charge in [-0.05, 0) is 70.8 Å². The second kappa shape index (κ2) is 20.5. The predicted octanol–water partition coefficient (Wildman–Crippen LogP) is 8.99. The molecule has 1 aliphatic heterocycles. The number of aryl methyl sites for hydroxylation is 1. The standard InChI is InChI=1S/C41H46Cl2FN9O9P2S3Si/c1-41(2,3)68(5,6)62-33-27(54)15-26(52-20-48-31-37(52)49-19-51(4)39(31)56)32(33)61-64(66,67-17-23-12-13-24(42)14-25(23)43)58-16-28-34(60-63(57)65)29(44)40(59-28)53-21-47-30-35(45-18-46-36(30)53)50-38(55)22-10-8-7-9-11-22/h7-14,18-21,26-29,32-34,40,54H,15-17H2,1-6H3,(H-,45,46,50,55,57,65)/p+1/t26-,27+,28-,29-,32+,33-,34-,40-,64?/m1/s1. The summed E-state index contributed by atoms with van der Waals surface area (Å²) in [7, 11) is -3.74. The number of carbonyl (C=O) groups is 1. The van der Waals surface area contributed by atoms with Crippen molar-refractivity contribution in [3.05, 3.63) is 105 Å². The Bertz CT molecular complexity index is 2970. The number of alkyl halides is 1. The number of carbonyl (C=O) groups excluding carboxylic acids is 1. The molecule has 2 N–H and O–H groups in total. The van der Waals surface area contributed by atoms with E-state index in [0.717, 1.165) is 11.4 Å². The van der Waals surface area contributed by atoms with Crippen LogP contribution in [0.3, 0.4) is 0 Å². The molecular formula is C41H47Cl2FN9O9P2S3Si+. The van der Waals surface area contributed by atoms with E-state index in [0.29, 0.717) is 21.2 Å². The Morgan fingerprint density at radius 3 is 2.46 bits per heavy atom. The minimum Gasteiger partial charge on any atom is -0.409 e. The molecule has 1 aliphatic carbocycles. The number of nitrogens with one attached hydrogen (secondary N) is 1. The first kappa shape index (κ1) is 51.1. The van der Waals surface area contributed by atoms with Gasteiger partial charge in [-0.2, -0.15) is 0 Å². The smallest absolute Gasteiger partial charge is 0.409 e. The average Bonchev–Trinajstić information content (AvgIpc) is 4.05. The molecule has 27 heteroatoms. The average molecular weight is 1090 g/mol. The maximum atomic E-state index is 16.8. The summed E-state index contributed by atoms with van der Waals surface area (Å²) in [6, 6.07) is 12.8. The predicted molar refractivity (Wildman–Crippen MR) is 267 cm³/mol. The lowest BCUT2D eigenvalue weighted by Crippen LogP contribution is -2.49. The van der Waals surface area contributed by atoms with Crippen molar-refractivity contribution in [3.8, 4) is 0 Å². The van der Waals surface area contributed by atoms with Gasteiger partial charge in [0.2, 0.25) is 5.69 Å². The number of aromatic nitrogens is 8. The molecule has 4 aromatic heterocycles. The highest BCUT2D eigenvalue weighted by molar-refractivity contribution is 8.67. The molecular weight excluding hydrogens is 1040 g/mol. The fraction of sp³-hybridized carbons (Fsp3) is 0.439. The van der Waals surface area contributed by atoms with Crippen LogP contribution >= 0.6 is 59.8 Å². The van der Waals surface area contributed by atoms with Crippen molar-refractivity contribution >= 4 is 114 Å². The molecule has 2 fully saturated rings. The molecule has 8 rings (SSSR count). The number of benzene rings is 2. The molecule has 1 saturated heterocycles. The first-order valence-corrected chi connectivity index (χ1v) is 31.3. The largest absolute Gasteiger partial charge is 0.582 e. The summed E-state index contributed by atoms with van der Waals surface area (Å²) in [4.78, 5) is 48.0. The van der Waals surface area contributed by atoms with Crippen LogP contribution < -0.4 is 10.9 Å². The van der Waals surface area contributed by atoms with Gasteiger partial charge in [-0.25, -0.2) is 29.3 Å². The number of aliphatic hydroxyl groups is 1. The number of anilines is 1. The molecule has 1 saturated carbocycles. The van der Waals surface area contributed by atoms with E-state index >= 15 is 4.39 Å². The Morgan fingerprint density at radius 2 is 1.75 bits per heavy atom. The number of fused-ring (bicyclic) bond motifs is 2. The summed E-state index contributed by atoms with van der Waals surface area (Å²) < 4.78 is 66.2. The van der Waals surface area contributed by atoms with Crippen molar-refractivity contribution in [3.63, 3.8) is 0 Å². The van der Waals surface area contributed by atoms with E-state index in [1.807, 2.05) is 0 Å². The van der Waals surface area contributed by atoms with Gasteiger partial charge < -0.3 is 37.8 Å². The van der Waals surface area contributed by atoms with Crippen molar-refractivity contribution in [1.29, 1.82) is 0 Å². The zero-order chi connectivity index (χ0) is 48.9. The lowest BCUT2D eigenvalue weighted by atomic mass is 10.1. The second-order valence-electron chi connectivity index (χ2n) is 17.7. The Kier molecular flexibility index (Phi) is 15.4. The summed E-state index contributed by atoms with van der Waals surface area (Å²) >= 11 is 24.3. The van der Waals surface area contributed by atoms with Gasteiger partial charge >= 0.3 is 7.23 Å². The highest BCUT2D eigenvalue weighted by Crippen LogP contribution is 2.65. The molecule has 1 amide bonds. The maximum absolute atomic E-state index is 16.8. The number of hydrogen-bond donors (Lipinski definition) is 3. The lowest BCUT2D eigenvalue weighted by Gasteiger charge is -2.41. The zero-order valence-electron chi connectivity index (χ0n) is 37.3. The molecule has 362 valence electrons. The zero-order valence-corrected chi connectivity index (χ0v) is 44.1. The molecule has 5 heterocycles. The molecule has 10 atom stereocenters. The second-order valence-corrected chi connectivity index (χ2v) is 31.2. The number of thiol groups is 1. The number of ether oxygens (including phenoxy) is 1. The van der Waals surface area contributed by atoms with E-state index < -0.39 is 82.7 Å². The van der Waals surface area contributed by atoms with E-state index in [2.05, 4.69) is 76.4 Å². The number of nitrogens with zero attached hydrogens (tertiary/aromatic N) is 8. The summed E-state index contributed by atoms with van der Waals surface area (Å²) in [5.41, 5.74) is -2.40. The normalized spacial score (nSPS) is 24.4. The van der Waals surface area contributed by atoms with E-state index in [-0.39, 0.29) is 50.9 Å². The molecule has 2 aliphatic rings. The maximum Gasteiger partial charge on any atom is 0.582 e. The van der Waals surface area contributed by atoms with Gasteiger partial charge in [0, 0.05) is 28.4 Å². The van der Waals surface area contributed by atoms with Crippen molar-refractivity contribution in [1.82, 2.24) is 38.6 Å². The molecule has 2 unspecified atom stereocenters. The number of imidazole rings is 2. The van der Waals surface area contributed by atoms with E-state index in [1.54, 1.807) is 60.1 Å². The lowest BCUT2D eigenvalue weighted by molar-refractivity contribution is -0.0416. The molecule has 0 spiro atoms. The number of rotatable bonds is 16. The number of amides is 1. The van der Waals surface area contributed by atoms with Crippen LogP contribution in [0.25, 0.3) is 22.3 Å². The topological polar surface area (TPSA) is 209 Å². The van der Waals surface area contributed by atoms with E-state index in [1.165, 1.54) is 34.4 Å². The molecule has 0 bridgehead atoms. The molecule has 2 aromatic carbocycles. The number of halogens is 3. The van der Waals surface area contributed by atoms with Crippen LogP contribution in [0, 0.1) is 0 Å². The van der Waals surface area contributed by atoms with Crippen LogP contribution in [-0.4, -0.2) is 101 Å². The van der Waals surface area contributed by atoms with E-state index in [4.69, 9.17) is 57.7 Å². The Hall–Kier alpha value is -3.25. The van der Waals surface area contributed by atoms with Crippen molar-refractivity contribution < 1.29 is 41.6 Å². The molecule has 6 aromatic rings. The minimum atomic E-state index is -3.72. The van der Waals surface area contributed by atoms with Gasteiger partial charge in [0.15, 0.2) is 55.0 Å². The third-order valence-electron chi connectivity index (χ3n) is 12.2. The van der Waals surface area contributed by atoms with Crippen LogP contribution in [0.15, 0.2) is 78.6 Å². The van der Waals surface area contributed by atoms with E-state index in [9.17, 15) is 19.3 Å². The van der Waals surface area contributed by atoms with Gasteiger partial charge in [0.25, 0.3) is 11.5 Å². The van der Waals surface area contributed by atoms with Crippen molar-refractivity contribution in [2.24, 2.45) is 7.05 Å². The van der Waals surface area contributed by atoms with Crippen molar-refractivity contribution in [2.45, 2.75) is 100 Å². The quantitative estimate of drug-likeness (QED) is 0.0469. The van der Waals surface area contributed by atoms with Gasteiger partial charge in [-0.15, -0.1) is 4.52 Å². The number of hydrogen-bond acceptors (Lipinski definition) is 16. The SMILES string of the molecule is Cn1cnc2c(ncn2[C@@H]2C[C@H](O)[C@@H](O[Si](C)(C)C(C)(C)C)[C@H]2OP(=S)(OC[C@H]2O[C@@H](n3cnc4c(NC(=O)c5ccccc5)ncnc43)[C@H](F)[C@@H]2O[P+](=O)S)SCc2ccc(Cl)cc2Cl)c1=O. The summed E-state index contributed by atoms with van der Waals surface area (Å²) in [5, 5.41) is 15.1. The monoisotopic (exact) mass is 1080 g/mol. The first-order valence-electron chi connectivity index (χ1n) is 21.1. The summed E-state index contributed by atoms with van der Waals surface area (Å²) in [5.74, 6) is -0.209. The highest BCUT2D eigenvalue weighted by atomic mass is 35.5. The van der Waals surface area contributed by atoms with Gasteiger partial charge in [0.1, 0.15) is 30.8 Å². The molecule has 0 radical (unpaired) electrons. The number of aliphatic hydroxyl groups excluding tert-OH is 1. The Balaban J connectivity index is 1.13. The third-order valence-corrected chi connectivity index (χ3v) is 23.1. The van der Waals surface area contributed by atoms with Gasteiger partial charge in [0.05, 0.1) is 43.8 Å². The fourth-order valence-corrected chi connectivity index (χ4v) is 14.7. The van der Waals surface area contributed by atoms with Crippen LogP contribution in [0.2, 0.25) is 28.2 Å². The Labute approximate surface area is 416 Å². The van der Waals surface area contributed by atoms with Crippen LogP contribution in [0.4, 0.5) is 10.2 Å². The molecule has 18 nitrogen and oxygen atoms in total. The summed E-state index contributed by atoms with van der Waals surface area (Å²) in [6.07, 6.45) is -3.81. The molecule has 68 heavy (non-hydrogen) atoms. The van der Waals surface area contributed by atoms with Crippen LogP contribution in [-0.2, 0) is 51.9 Å². The highest BCUT2D eigenvalue weighted by Gasteiger charge is 2.54. The van der Waals surface area contributed by atoms with Crippen LogP contribution in [0.5, 0.6) is 0 Å². The minimum absolute atomic E-state index is 0.0749. The Morgan fingerprint density at radius 1 is 1.04 bits per heavy atom. The van der Waals surface area contributed by atoms with Crippen molar-refractivity contribution in [2.75, 3.05) is 11.9 Å². The fourth-order valence-electron chi connectivity index (χ4n) is 7.64. The third kappa shape index (κ3) is 10.7. The van der Waals surface area contributed by atoms with Gasteiger partial charge in [-0.3, -0.25) is 14.2 Å².